The van der Waals surface area contributed by atoms with Gasteiger partial charge in [0, 0.05) is 18.7 Å². The second-order valence-electron chi connectivity index (χ2n) is 6.97. The van der Waals surface area contributed by atoms with E-state index in [2.05, 4.69) is 20.7 Å². The number of nitrogens with zero attached hydrogens (tertiary/aromatic N) is 2. The summed E-state index contributed by atoms with van der Waals surface area (Å²) in [6.07, 6.45) is 1.25. The number of hydrazine groups is 1. The van der Waals surface area contributed by atoms with Gasteiger partial charge >= 0.3 is 0 Å². The van der Waals surface area contributed by atoms with Crippen LogP contribution in [-0.2, 0) is 4.74 Å². The smallest absolute Gasteiger partial charge is 0.281 e. The summed E-state index contributed by atoms with van der Waals surface area (Å²) in [7, 11) is 0. The van der Waals surface area contributed by atoms with Crippen molar-refractivity contribution in [2.24, 2.45) is 0 Å². The third kappa shape index (κ3) is 5.11. The molecule has 2 fully saturated rings. The average molecular weight is 465 g/mol. The maximum absolute atomic E-state index is 12.6. The van der Waals surface area contributed by atoms with Gasteiger partial charge in [-0.2, -0.15) is 0 Å². The lowest BCUT2D eigenvalue weighted by Crippen LogP contribution is -2.41. The molecule has 2 amide bonds. The summed E-state index contributed by atoms with van der Waals surface area (Å²) in [4.78, 5) is 32.1. The lowest BCUT2D eigenvalue weighted by molar-refractivity contribution is 0.0848. The number of thiazole rings is 1. The fraction of sp³-hybridized carbons (Fsp3) is 0.450. The van der Waals surface area contributed by atoms with E-state index in [1.807, 2.05) is 35.7 Å². The number of hydrogen-bond acceptors (Lipinski definition) is 8. The molecule has 0 saturated carbocycles. The first-order chi connectivity index (χ1) is 14.6. The number of amides is 2. The number of aromatic nitrogens is 1. The standard InChI is InChI=1S/C20H24N4O3S3/c1-13-16(30-20(21-13)24-7-9-27-10-8-24)18(26)23-22-17(25)14-3-5-15(6-4-14)19-28-11-2-12-29-19/h3-6,19H,2,7-12H2,1H3,(H,22,25)(H,23,26). The second kappa shape index (κ2) is 10.0. The van der Waals surface area contributed by atoms with Crippen molar-refractivity contribution in [3.63, 3.8) is 0 Å². The predicted molar refractivity (Wildman–Crippen MR) is 124 cm³/mol. The van der Waals surface area contributed by atoms with E-state index >= 15 is 0 Å². The number of nitrogens with one attached hydrogen (secondary N) is 2. The quantitative estimate of drug-likeness (QED) is 0.672. The molecule has 0 atom stereocenters. The Bertz CT molecular complexity index is 891. The van der Waals surface area contributed by atoms with Gasteiger partial charge in [0.2, 0.25) is 0 Å². The average Bonchev–Trinajstić information content (AvgIpc) is 3.20. The van der Waals surface area contributed by atoms with Gasteiger partial charge in [0.1, 0.15) is 4.88 Å². The summed E-state index contributed by atoms with van der Waals surface area (Å²) in [6.45, 7) is 4.65. The van der Waals surface area contributed by atoms with E-state index in [-0.39, 0.29) is 11.8 Å². The molecule has 2 aliphatic rings. The molecular weight excluding hydrogens is 440 g/mol. The highest BCUT2D eigenvalue weighted by Crippen LogP contribution is 2.43. The maximum atomic E-state index is 12.6. The van der Waals surface area contributed by atoms with Crippen molar-refractivity contribution in [2.75, 3.05) is 42.7 Å². The Labute approximate surface area is 188 Å². The van der Waals surface area contributed by atoms with Gasteiger partial charge in [0.15, 0.2) is 5.13 Å². The highest BCUT2D eigenvalue weighted by Gasteiger charge is 2.21. The summed E-state index contributed by atoms with van der Waals surface area (Å²) in [5.74, 6) is 1.66. The molecule has 0 spiro atoms. The molecule has 4 rings (SSSR count). The van der Waals surface area contributed by atoms with Crippen molar-refractivity contribution in [3.05, 3.63) is 46.0 Å². The Hall–Kier alpha value is -1.75. The van der Waals surface area contributed by atoms with Crippen LogP contribution in [0.1, 0.15) is 42.3 Å². The molecule has 0 aliphatic carbocycles. The summed E-state index contributed by atoms with van der Waals surface area (Å²) in [5, 5.41) is 0.807. The number of benzene rings is 1. The fourth-order valence-corrected chi connectivity index (χ4v) is 7.11. The zero-order chi connectivity index (χ0) is 20.9. The number of rotatable bonds is 4. The van der Waals surface area contributed by atoms with E-state index in [0.29, 0.717) is 33.9 Å². The number of aryl methyl sites for hydroxylation is 1. The van der Waals surface area contributed by atoms with Gasteiger partial charge in [0.05, 0.1) is 23.5 Å². The molecule has 1 aromatic heterocycles. The Morgan fingerprint density at radius 3 is 2.43 bits per heavy atom. The molecule has 10 heteroatoms. The molecule has 2 N–H and O–H groups in total. The zero-order valence-electron chi connectivity index (χ0n) is 16.7. The normalized spacial score (nSPS) is 17.6. The number of thioether (sulfide) groups is 2. The summed E-state index contributed by atoms with van der Waals surface area (Å²) in [6, 6.07) is 7.60. The number of carbonyl (C=O) groups excluding carboxylic acids is 2. The predicted octanol–water partition coefficient (Wildman–Crippen LogP) is 3.23. The number of anilines is 1. The van der Waals surface area contributed by atoms with Gasteiger partial charge in [-0.1, -0.05) is 23.5 Å². The first kappa shape index (κ1) is 21.5. The van der Waals surface area contributed by atoms with Crippen molar-refractivity contribution in [1.82, 2.24) is 15.8 Å². The highest BCUT2D eigenvalue weighted by molar-refractivity contribution is 8.16. The SMILES string of the molecule is Cc1nc(N2CCOCC2)sc1C(=O)NNC(=O)c1ccc(C2SCCCS2)cc1. The van der Waals surface area contributed by atoms with Crippen LogP contribution in [0.25, 0.3) is 0 Å². The number of carbonyl (C=O) groups is 2. The van der Waals surface area contributed by atoms with Gasteiger partial charge in [-0.25, -0.2) is 4.98 Å². The number of hydrogen-bond donors (Lipinski definition) is 2. The Morgan fingerprint density at radius 1 is 1.07 bits per heavy atom. The van der Waals surface area contributed by atoms with Crippen LogP contribution >= 0.6 is 34.9 Å². The fourth-order valence-electron chi connectivity index (χ4n) is 3.20. The third-order valence-electron chi connectivity index (χ3n) is 4.83. The zero-order valence-corrected chi connectivity index (χ0v) is 19.1. The summed E-state index contributed by atoms with van der Waals surface area (Å²) in [5.41, 5.74) is 7.41. The van der Waals surface area contributed by atoms with Crippen molar-refractivity contribution in [2.45, 2.75) is 17.9 Å². The van der Waals surface area contributed by atoms with Crippen LogP contribution in [0.15, 0.2) is 24.3 Å². The molecule has 7 nitrogen and oxygen atoms in total. The highest BCUT2D eigenvalue weighted by atomic mass is 32.2. The summed E-state index contributed by atoms with van der Waals surface area (Å²) < 4.78 is 5.80. The Kier molecular flexibility index (Phi) is 7.19. The van der Waals surface area contributed by atoms with Crippen molar-refractivity contribution in [1.29, 1.82) is 0 Å². The van der Waals surface area contributed by atoms with Crippen LogP contribution in [0, 0.1) is 6.92 Å². The third-order valence-corrected chi connectivity index (χ3v) is 9.07. The van der Waals surface area contributed by atoms with Gasteiger partial charge < -0.3 is 9.64 Å². The van der Waals surface area contributed by atoms with E-state index in [1.54, 1.807) is 19.1 Å². The van der Waals surface area contributed by atoms with E-state index in [4.69, 9.17) is 4.74 Å². The maximum Gasteiger partial charge on any atom is 0.281 e. The number of ether oxygens (including phenoxy) is 1. The first-order valence-corrected chi connectivity index (χ1v) is 12.8. The summed E-state index contributed by atoms with van der Waals surface area (Å²) >= 11 is 5.22. The molecule has 160 valence electrons. The number of morpholine rings is 1. The van der Waals surface area contributed by atoms with Crippen molar-refractivity contribution < 1.29 is 14.3 Å². The van der Waals surface area contributed by atoms with E-state index in [1.165, 1.54) is 34.8 Å². The van der Waals surface area contributed by atoms with Gasteiger partial charge in [-0.05, 0) is 42.5 Å². The van der Waals surface area contributed by atoms with Crippen LogP contribution in [0.2, 0.25) is 0 Å². The molecular formula is C20H24N4O3S3. The molecule has 2 aromatic rings. The molecule has 2 aliphatic heterocycles. The largest absolute Gasteiger partial charge is 0.378 e. The Morgan fingerprint density at radius 2 is 1.73 bits per heavy atom. The molecule has 0 unspecified atom stereocenters. The van der Waals surface area contributed by atoms with E-state index in [0.717, 1.165) is 18.2 Å². The Balaban J connectivity index is 1.33. The van der Waals surface area contributed by atoms with E-state index < -0.39 is 0 Å². The van der Waals surface area contributed by atoms with Crippen LogP contribution in [0.3, 0.4) is 0 Å². The molecule has 0 bridgehead atoms. The lowest BCUT2D eigenvalue weighted by Gasteiger charge is -2.25. The topological polar surface area (TPSA) is 83.6 Å². The second-order valence-corrected chi connectivity index (χ2v) is 10.7. The van der Waals surface area contributed by atoms with Crippen LogP contribution in [0.4, 0.5) is 5.13 Å². The lowest BCUT2D eigenvalue weighted by atomic mass is 10.1. The molecule has 2 saturated heterocycles. The minimum absolute atomic E-state index is 0.338. The monoisotopic (exact) mass is 464 g/mol. The molecule has 0 radical (unpaired) electrons. The van der Waals surface area contributed by atoms with Crippen LogP contribution in [0.5, 0.6) is 0 Å². The molecule has 3 heterocycles. The van der Waals surface area contributed by atoms with Crippen LogP contribution < -0.4 is 15.8 Å². The first-order valence-electron chi connectivity index (χ1n) is 9.86. The molecule has 30 heavy (non-hydrogen) atoms. The van der Waals surface area contributed by atoms with E-state index in [9.17, 15) is 9.59 Å². The van der Waals surface area contributed by atoms with Gasteiger partial charge in [0.25, 0.3) is 11.8 Å². The van der Waals surface area contributed by atoms with Gasteiger partial charge in [-0.3, -0.25) is 20.4 Å². The minimum Gasteiger partial charge on any atom is -0.378 e. The van der Waals surface area contributed by atoms with Gasteiger partial charge in [-0.15, -0.1) is 23.5 Å². The minimum atomic E-state index is -0.357. The van der Waals surface area contributed by atoms with Crippen molar-refractivity contribution in [3.8, 4) is 0 Å². The van der Waals surface area contributed by atoms with Crippen molar-refractivity contribution >= 4 is 51.8 Å². The van der Waals surface area contributed by atoms with Crippen LogP contribution in [-0.4, -0.2) is 54.6 Å². The molecule has 1 aromatic carbocycles.